The van der Waals surface area contributed by atoms with Gasteiger partial charge in [0.1, 0.15) is 0 Å². The lowest BCUT2D eigenvalue weighted by Gasteiger charge is -2.10. The van der Waals surface area contributed by atoms with Crippen LogP contribution in [0.15, 0.2) is 23.8 Å². The van der Waals surface area contributed by atoms with Crippen molar-refractivity contribution in [3.63, 3.8) is 0 Å². The van der Waals surface area contributed by atoms with E-state index in [9.17, 15) is 0 Å². The molecule has 0 bridgehead atoms. The second kappa shape index (κ2) is 8.72. The molecule has 15 heavy (non-hydrogen) atoms. The normalized spacial score (nSPS) is 15.2. The highest BCUT2D eigenvalue weighted by molar-refractivity contribution is 5.16. The molecule has 0 aliphatic carbocycles. The molecule has 0 fully saturated rings. The molecule has 0 aliphatic rings. The van der Waals surface area contributed by atoms with Gasteiger partial charge in [0.2, 0.25) is 0 Å². The van der Waals surface area contributed by atoms with Crippen LogP contribution < -0.4 is 5.73 Å². The van der Waals surface area contributed by atoms with Crippen molar-refractivity contribution in [1.82, 2.24) is 0 Å². The van der Waals surface area contributed by atoms with Gasteiger partial charge in [0, 0.05) is 6.54 Å². The highest BCUT2D eigenvalue weighted by Gasteiger charge is 2.01. The summed E-state index contributed by atoms with van der Waals surface area (Å²) >= 11 is 0. The highest BCUT2D eigenvalue weighted by atomic mass is 14.5. The molecule has 0 saturated carbocycles. The van der Waals surface area contributed by atoms with Crippen molar-refractivity contribution in [1.29, 1.82) is 0 Å². The van der Waals surface area contributed by atoms with Crippen molar-refractivity contribution in [2.75, 3.05) is 6.54 Å². The number of hydrogen-bond acceptors (Lipinski definition) is 1. The smallest absolute Gasteiger partial charge is 0.0112 e. The minimum atomic E-state index is 0.638. The number of allylic oxidation sites excluding steroid dienone is 3. The van der Waals surface area contributed by atoms with Gasteiger partial charge in [-0.15, -0.1) is 0 Å². The minimum absolute atomic E-state index is 0.638. The SMILES string of the molecule is CC(C=CCC(C)CCC(C)C)=CCN. The van der Waals surface area contributed by atoms with E-state index in [4.69, 9.17) is 5.73 Å². The molecule has 0 aromatic carbocycles. The topological polar surface area (TPSA) is 26.0 Å². The Balaban J connectivity index is 3.70. The molecule has 0 spiro atoms. The van der Waals surface area contributed by atoms with Gasteiger partial charge in [-0.25, -0.2) is 0 Å². The summed E-state index contributed by atoms with van der Waals surface area (Å²) in [6.45, 7) is 9.64. The van der Waals surface area contributed by atoms with Crippen LogP contribution in [0.1, 0.15) is 47.0 Å². The van der Waals surface area contributed by atoms with E-state index < -0.39 is 0 Å². The monoisotopic (exact) mass is 209 g/mol. The number of hydrogen-bond donors (Lipinski definition) is 1. The molecule has 2 N–H and O–H groups in total. The van der Waals surface area contributed by atoms with Crippen LogP contribution in [0.3, 0.4) is 0 Å². The lowest BCUT2D eigenvalue weighted by Crippen LogP contribution is -1.96. The van der Waals surface area contributed by atoms with Crippen LogP contribution in [-0.2, 0) is 0 Å². The molecular formula is C14H27N. The van der Waals surface area contributed by atoms with Gasteiger partial charge in [-0.1, -0.05) is 57.4 Å². The molecule has 0 aromatic heterocycles. The van der Waals surface area contributed by atoms with Gasteiger partial charge in [0.05, 0.1) is 0 Å². The first kappa shape index (κ1) is 14.4. The first-order valence-corrected chi connectivity index (χ1v) is 6.09. The Hall–Kier alpha value is -0.560. The van der Waals surface area contributed by atoms with Crippen molar-refractivity contribution in [3.05, 3.63) is 23.8 Å². The summed E-state index contributed by atoms with van der Waals surface area (Å²) in [6.07, 6.45) is 10.4. The maximum atomic E-state index is 5.43. The van der Waals surface area contributed by atoms with Crippen molar-refractivity contribution >= 4 is 0 Å². The fourth-order valence-corrected chi connectivity index (χ4v) is 1.48. The average molecular weight is 209 g/mol. The molecule has 0 amide bonds. The van der Waals surface area contributed by atoms with Gasteiger partial charge >= 0.3 is 0 Å². The highest BCUT2D eigenvalue weighted by Crippen LogP contribution is 2.15. The van der Waals surface area contributed by atoms with Crippen LogP contribution in [-0.4, -0.2) is 6.54 Å². The third-order valence-electron chi connectivity index (χ3n) is 2.60. The Labute approximate surface area is 95.4 Å². The Morgan fingerprint density at radius 3 is 2.40 bits per heavy atom. The van der Waals surface area contributed by atoms with E-state index in [1.54, 1.807) is 0 Å². The van der Waals surface area contributed by atoms with E-state index in [1.807, 2.05) is 0 Å². The van der Waals surface area contributed by atoms with Gasteiger partial charge < -0.3 is 5.73 Å². The standard InChI is InChI=1S/C14H27N/c1-12(2)8-9-13(3)6-5-7-14(4)10-11-15/h5,7,10,12-13H,6,8-9,11,15H2,1-4H3. The lowest BCUT2D eigenvalue weighted by atomic mass is 9.96. The quantitative estimate of drug-likeness (QED) is 0.632. The average Bonchev–Trinajstić information content (AvgIpc) is 2.15. The number of rotatable bonds is 7. The first-order chi connectivity index (χ1) is 7.06. The first-order valence-electron chi connectivity index (χ1n) is 6.09. The molecule has 0 saturated heterocycles. The Morgan fingerprint density at radius 1 is 1.20 bits per heavy atom. The van der Waals surface area contributed by atoms with E-state index >= 15 is 0 Å². The molecule has 0 aromatic rings. The zero-order chi connectivity index (χ0) is 11.7. The van der Waals surface area contributed by atoms with Crippen LogP contribution >= 0.6 is 0 Å². The zero-order valence-corrected chi connectivity index (χ0v) is 10.8. The molecule has 1 nitrogen and oxygen atoms in total. The molecule has 88 valence electrons. The third kappa shape index (κ3) is 9.74. The van der Waals surface area contributed by atoms with Crippen molar-refractivity contribution in [2.24, 2.45) is 17.6 Å². The Bertz CT molecular complexity index is 201. The fraction of sp³-hybridized carbons (Fsp3) is 0.714. The zero-order valence-electron chi connectivity index (χ0n) is 10.8. The summed E-state index contributed by atoms with van der Waals surface area (Å²) in [4.78, 5) is 0. The second-order valence-electron chi connectivity index (χ2n) is 4.90. The van der Waals surface area contributed by atoms with Crippen LogP contribution in [0.25, 0.3) is 0 Å². The maximum Gasteiger partial charge on any atom is 0.0112 e. The molecular weight excluding hydrogens is 182 g/mol. The van der Waals surface area contributed by atoms with Gasteiger partial charge in [-0.05, 0) is 25.2 Å². The van der Waals surface area contributed by atoms with Crippen LogP contribution in [0.4, 0.5) is 0 Å². The Morgan fingerprint density at radius 2 is 1.87 bits per heavy atom. The van der Waals surface area contributed by atoms with E-state index in [0.717, 1.165) is 11.8 Å². The van der Waals surface area contributed by atoms with Crippen molar-refractivity contribution < 1.29 is 0 Å². The molecule has 1 atom stereocenters. The predicted molar refractivity (Wildman–Crippen MR) is 69.8 cm³/mol. The van der Waals surface area contributed by atoms with E-state index in [-0.39, 0.29) is 0 Å². The maximum absolute atomic E-state index is 5.43. The summed E-state index contributed by atoms with van der Waals surface area (Å²) in [7, 11) is 0. The summed E-state index contributed by atoms with van der Waals surface area (Å²) < 4.78 is 0. The van der Waals surface area contributed by atoms with Crippen LogP contribution in [0, 0.1) is 11.8 Å². The van der Waals surface area contributed by atoms with Gasteiger partial charge in [-0.2, -0.15) is 0 Å². The van der Waals surface area contributed by atoms with Gasteiger partial charge in [0.25, 0.3) is 0 Å². The molecule has 1 unspecified atom stereocenters. The van der Waals surface area contributed by atoms with Gasteiger partial charge in [-0.3, -0.25) is 0 Å². The van der Waals surface area contributed by atoms with Crippen molar-refractivity contribution in [3.8, 4) is 0 Å². The fourth-order valence-electron chi connectivity index (χ4n) is 1.48. The van der Waals surface area contributed by atoms with Crippen LogP contribution in [0.2, 0.25) is 0 Å². The van der Waals surface area contributed by atoms with Crippen LogP contribution in [0.5, 0.6) is 0 Å². The summed E-state index contributed by atoms with van der Waals surface area (Å²) in [5, 5.41) is 0. The van der Waals surface area contributed by atoms with E-state index in [1.165, 1.54) is 24.8 Å². The number of nitrogens with two attached hydrogens (primary N) is 1. The summed E-state index contributed by atoms with van der Waals surface area (Å²) in [5.41, 5.74) is 6.70. The lowest BCUT2D eigenvalue weighted by molar-refractivity contribution is 0.453. The van der Waals surface area contributed by atoms with E-state index in [0.29, 0.717) is 6.54 Å². The van der Waals surface area contributed by atoms with Gasteiger partial charge in [0.15, 0.2) is 0 Å². The summed E-state index contributed by atoms with van der Waals surface area (Å²) in [6, 6.07) is 0. The molecule has 0 aliphatic heterocycles. The second-order valence-corrected chi connectivity index (χ2v) is 4.90. The van der Waals surface area contributed by atoms with E-state index in [2.05, 4.69) is 45.9 Å². The largest absolute Gasteiger partial charge is 0.327 e. The molecule has 0 heterocycles. The van der Waals surface area contributed by atoms with Crippen molar-refractivity contribution in [2.45, 2.75) is 47.0 Å². The molecule has 0 radical (unpaired) electrons. The molecule has 1 heteroatoms. The minimum Gasteiger partial charge on any atom is -0.327 e. The Kier molecular flexibility index (Phi) is 8.40. The predicted octanol–water partition coefficient (Wildman–Crippen LogP) is 3.91. The summed E-state index contributed by atoms with van der Waals surface area (Å²) in [5.74, 6) is 1.63. The third-order valence-corrected chi connectivity index (χ3v) is 2.60. The molecule has 0 rings (SSSR count).